The summed E-state index contributed by atoms with van der Waals surface area (Å²) in [5, 5.41) is 8.63. The van der Waals surface area contributed by atoms with Gasteiger partial charge >= 0.3 is 5.97 Å². The smallest absolute Gasteiger partial charge is 0.358 e. The third-order valence-corrected chi connectivity index (χ3v) is 3.92. The van der Waals surface area contributed by atoms with Crippen molar-refractivity contribution in [3.05, 3.63) is 24.2 Å². The number of carbonyl (C=O) groups excluding carboxylic acids is 1. The van der Waals surface area contributed by atoms with E-state index in [4.69, 9.17) is 9.47 Å². The minimum atomic E-state index is -0.402. The zero-order valence-corrected chi connectivity index (χ0v) is 13.6. The van der Waals surface area contributed by atoms with Gasteiger partial charge in [0.25, 0.3) is 0 Å². The van der Waals surface area contributed by atoms with E-state index in [9.17, 15) is 4.79 Å². The molecule has 0 bridgehead atoms. The molecular weight excluding hydrogens is 296 g/mol. The lowest BCUT2D eigenvalue weighted by Crippen LogP contribution is -2.25. The van der Waals surface area contributed by atoms with Crippen molar-refractivity contribution in [2.45, 2.75) is 38.8 Å². The van der Waals surface area contributed by atoms with Gasteiger partial charge in [0.05, 0.1) is 31.1 Å². The minimum Gasteiger partial charge on any atom is -0.461 e. The van der Waals surface area contributed by atoms with Crippen molar-refractivity contribution >= 4 is 5.97 Å². The van der Waals surface area contributed by atoms with Crippen molar-refractivity contribution in [1.29, 1.82) is 0 Å². The number of rotatable bonds is 5. The molecule has 0 radical (unpaired) electrons. The fourth-order valence-electron chi connectivity index (χ4n) is 2.79. The molecule has 7 heteroatoms. The number of ether oxygens (including phenoxy) is 2. The average molecular weight is 318 g/mol. The molecule has 3 heterocycles. The average Bonchev–Trinajstić information content (AvgIpc) is 3.15. The van der Waals surface area contributed by atoms with Gasteiger partial charge in [-0.25, -0.2) is 4.79 Å². The largest absolute Gasteiger partial charge is 0.461 e. The third kappa shape index (κ3) is 3.61. The Morgan fingerprint density at radius 3 is 3.00 bits per heavy atom. The maximum Gasteiger partial charge on any atom is 0.358 e. The number of aryl methyl sites for hydroxylation is 1. The van der Waals surface area contributed by atoms with Crippen LogP contribution in [0.3, 0.4) is 0 Å². The third-order valence-electron chi connectivity index (χ3n) is 3.92. The fourth-order valence-corrected chi connectivity index (χ4v) is 2.79. The van der Waals surface area contributed by atoms with E-state index >= 15 is 0 Å². The summed E-state index contributed by atoms with van der Waals surface area (Å²) in [4.78, 5) is 12.0. The molecule has 0 aliphatic carbocycles. The Kier molecular flexibility index (Phi) is 4.76. The molecule has 0 saturated carbocycles. The first-order valence-corrected chi connectivity index (χ1v) is 8.03. The summed E-state index contributed by atoms with van der Waals surface area (Å²) in [7, 11) is 1.86. The first kappa shape index (κ1) is 15.7. The van der Waals surface area contributed by atoms with E-state index in [0.29, 0.717) is 18.8 Å². The summed E-state index contributed by atoms with van der Waals surface area (Å²) in [6.45, 7) is 3.54. The molecule has 2 aromatic heterocycles. The highest BCUT2D eigenvalue weighted by Gasteiger charge is 2.21. The van der Waals surface area contributed by atoms with Gasteiger partial charge in [-0.15, -0.1) is 0 Å². The number of hydrogen-bond donors (Lipinski definition) is 0. The van der Waals surface area contributed by atoms with E-state index in [1.54, 1.807) is 23.9 Å². The zero-order chi connectivity index (χ0) is 16.2. The van der Waals surface area contributed by atoms with E-state index in [0.717, 1.165) is 30.7 Å². The highest BCUT2D eigenvalue weighted by Crippen LogP contribution is 2.23. The summed E-state index contributed by atoms with van der Waals surface area (Å²) in [6, 6.07) is 1.76. The van der Waals surface area contributed by atoms with Gasteiger partial charge in [0, 0.05) is 25.4 Å². The van der Waals surface area contributed by atoms with Crippen LogP contribution in [0.15, 0.2) is 18.5 Å². The van der Waals surface area contributed by atoms with Crippen LogP contribution in [0.1, 0.15) is 36.7 Å². The Bertz CT molecular complexity index is 671. The maximum absolute atomic E-state index is 12.0. The highest BCUT2D eigenvalue weighted by molar-refractivity contribution is 5.88. The monoisotopic (exact) mass is 318 g/mol. The Labute approximate surface area is 135 Å². The van der Waals surface area contributed by atoms with Crippen molar-refractivity contribution in [3.8, 4) is 11.3 Å². The lowest BCUT2D eigenvalue weighted by atomic mass is 10.1. The van der Waals surface area contributed by atoms with Crippen molar-refractivity contribution in [1.82, 2.24) is 19.6 Å². The summed E-state index contributed by atoms with van der Waals surface area (Å²) in [6.07, 6.45) is 7.10. The molecule has 1 saturated heterocycles. The predicted octanol–water partition coefficient (Wildman–Crippen LogP) is 2.03. The van der Waals surface area contributed by atoms with Crippen LogP contribution in [0.4, 0.5) is 0 Å². The van der Waals surface area contributed by atoms with Gasteiger partial charge in [-0.1, -0.05) is 0 Å². The molecule has 0 spiro atoms. The van der Waals surface area contributed by atoms with Crippen LogP contribution in [-0.2, 0) is 23.1 Å². The zero-order valence-electron chi connectivity index (χ0n) is 13.6. The molecule has 124 valence electrons. The van der Waals surface area contributed by atoms with E-state index in [1.807, 2.05) is 17.9 Å². The summed E-state index contributed by atoms with van der Waals surface area (Å²) in [5.41, 5.74) is 2.10. The SMILES string of the molecule is CCOC(=O)c1cc(-c2cnn(C)c2)n(CC2CCCCO2)n1. The normalized spacial score (nSPS) is 18.1. The molecule has 1 fully saturated rings. The standard InChI is InChI=1S/C16H22N4O3/c1-3-22-16(21)14-8-15(12-9-17-19(2)10-12)20(18-14)11-13-6-4-5-7-23-13/h8-10,13H,3-7,11H2,1-2H3. The van der Waals surface area contributed by atoms with Crippen LogP contribution < -0.4 is 0 Å². The van der Waals surface area contributed by atoms with Gasteiger partial charge < -0.3 is 9.47 Å². The Morgan fingerprint density at radius 1 is 1.48 bits per heavy atom. The lowest BCUT2D eigenvalue weighted by Gasteiger charge is -2.23. The summed E-state index contributed by atoms with van der Waals surface area (Å²) >= 11 is 0. The molecule has 3 rings (SSSR count). The Morgan fingerprint density at radius 2 is 2.35 bits per heavy atom. The minimum absolute atomic E-state index is 0.133. The number of hydrogen-bond acceptors (Lipinski definition) is 5. The number of nitrogens with zero attached hydrogens (tertiary/aromatic N) is 4. The lowest BCUT2D eigenvalue weighted by molar-refractivity contribution is 0.00411. The second-order valence-electron chi connectivity index (χ2n) is 5.71. The van der Waals surface area contributed by atoms with Gasteiger partial charge in [-0.05, 0) is 32.3 Å². The van der Waals surface area contributed by atoms with Crippen LogP contribution in [0.5, 0.6) is 0 Å². The van der Waals surface area contributed by atoms with Crippen LogP contribution in [-0.4, -0.2) is 44.8 Å². The molecule has 0 N–H and O–H groups in total. The highest BCUT2D eigenvalue weighted by atomic mass is 16.5. The van der Waals surface area contributed by atoms with Crippen LogP contribution in [0.2, 0.25) is 0 Å². The molecular formula is C16H22N4O3. The molecule has 1 aliphatic rings. The van der Waals surface area contributed by atoms with Crippen LogP contribution >= 0.6 is 0 Å². The first-order chi connectivity index (χ1) is 11.2. The maximum atomic E-state index is 12.0. The second kappa shape index (κ2) is 6.95. The Hall–Kier alpha value is -2.15. The number of carbonyl (C=O) groups is 1. The topological polar surface area (TPSA) is 71.2 Å². The van der Waals surface area contributed by atoms with Crippen LogP contribution in [0, 0.1) is 0 Å². The van der Waals surface area contributed by atoms with E-state index in [1.165, 1.54) is 6.42 Å². The molecule has 1 unspecified atom stereocenters. The van der Waals surface area contributed by atoms with Crippen molar-refractivity contribution < 1.29 is 14.3 Å². The Balaban J connectivity index is 1.89. The van der Waals surface area contributed by atoms with Gasteiger partial charge in [-0.3, -0.25) is 9.36 Å². The molecule has 7 nitrogen and oxygen atoms in total. The van der Waals surface area contributed by atoms with Gasteiger partial charge in [0.2, 0.25) is 0 Å². The van der Waals surface area contributed by atoms with Crippen molar-refractivity contribution in [2.75, 3.05) is 13.2 Å². The summed E-state index contributed by atoms with van der Waals surface area (Å²) in [5.74, 6) is -0.402. The van der Waals surface area contributed by atoms with Crippen molar-refractivity contribution in [2.24, 2.45) is 7.05 Å². The fraction of sp³-hybridized carbons (Fsp3) is 0.562. The van der Waals surface area contributed by atoms with E-state index in [2.05, 4.69) is 10.2 Å². The first-order valence-electron chi connectivity index (χ1n) is 8.03. The molecule has 23 heavy (non-hydrogen) atoms. The molecule has 1 atom stereocenters. The quantitative estimate of drug-likeness (QED) is 0.789. The van der Waals surface area contributed by atoms with Gasteiger partial charge in [0.1, 0.15) is 0 Å². The van der Waals surface area contributed by atoms with Gasteiger partial charge in [0.15, 0.2) is 5.69 Å². The molecule has 1 aliphatic heterocycles. The molecule has 0 aromatic carbocycles. The van der Waals surface area contributed by atoms with E-state index < -0.39 is 5.97 Å². The number of esters is 1. The molecule has 2 aromatic rings. The predicted molar refractivity (Wildman–Crippen MR) is 84.0 cm³/mol. The van der Waals surface area contributed by atoms with Crippen LogP contribution in [0.25, 0.3) is 11.3 Å². The van der Waals surface area contributed by atoms with E-state index in [-0.39, 0.29) is 6.10 Å². The summed E-state index contributed by atoms with van der Waals surface area (Å²) < 4.78 is 14.4. The molecule has 0 amide bonds. The number of aromatic nitrogens is 4. The van der Waals surface area contributed by atoms with Crippen molar-refractivity contribution in [3.63, 3.8) is 0 Å². The second-order valence-corrected chi connectivity index (χ2v) is 5.71. The van der Waals surface area contributed by atoms with Gasteiger partial charge in [-0.2, -0.15) is 10.2 Å².